The van der Waals surface area contributed by atoms with Gasteiger partial charge in [0.2, 0.25) is 0 Å². The van der Waals surface area contributed by atoms with Gasteiger partial charge in [0.25, 0.3) is 0 Å². The van der Waals surface area contributed by atoms with Crippen LogP contribution < -0.4 is 4.72 Å². The fourth-order valence-corrected chi connectivity index (χ4v) is 3.23. The first kappa shape index (κ1) is 16.3. The zero-order chi connectivity index (χ0) is 16.6. The van der Waals surface area contributed by atoms with Gasteiger partial charge in [-0.3, -0.25) is 0 Å². The van der Waals surface area contributed by atoms with E-state index in [2.05, 4.69) is 9.82 Å². The Bertz CT molecular complexity index is 739. The van der Waals surface area contributed by atoms with E-state index in [9.17, 15) is 8.60 Å². The number of nitrogens with zero attached hydrogens (tertiary/aromatic N) is 2. The predicted molar refractivity (Wildman–Crippen MR) is 87.0 cm³/mol. The van der Waals surface area contributed by atoms with Crippen molar-refractivity contribution in [3.8, 4) is 5.69 Å². The van der Waals surface area contributed by atoms with Gasteiger partial charge in [0.05, 0.1) is 46.9 Å². The number of hydrogen-bond donors (Lipinski definition) is 1. The highest BCUT2D eigenvalue weighted by Gasteiger charge is 2.30. The minimum atomic E-state index is -1.22. The van der Waals surface area contributed by atoms with Crippen molar-refractivity contribution in [3.63, 3.8) is 0 Å². The van der Waals surface area contributed by atoms with Crippen LogP contribution >= 0.6 is 0 Å². The molecular weight excluding hydrogens is 317 g/mol. The number of rotatable bonds is 3. The Morgan fingerprint density at radius 2 is 2.13 bits per heavy atom. The van der Waals surface area contributed by atoms with Crippen molar-refractivity contribution < 1.29 is 13.3 Å². The molecule has 1 aliphatic rings. The monoisotopic (exact) mass is 337 g/mol. The number of hydrogen-bond acceptors (Lipinski definition) is 3. The third-order valence-corrected chi connectivity index (χ3v) is 5.30. The van der Waals surface area contributed by atoms with Crippen molar-refractivity contribution in [3.05, 3.63) is 47.5 Å². The Hall–Kier alpha value is -1.57. The second-order valence-corrected chi connectivity index (χ2v) is 8.47. The van der Waals surface area contributed by atoms with Crippen LogP contribution in [0.5, 0.6) is 0 Å². The van der Waals surface area contributed by atoms with E-state index in [1.165, 1.54) is 6.07 Å². The zero-order valence-corrected chi connectivity index (χ0v) is 14.2. The predicted octanol–water partition coefficient (Wildman–Crippen LogP) is 2.63. The topological polar surface area (TPSA) is 56.1 Å². The Kier molecular flexibility index (Phi) is 4.35. The van der Waals surface area contributed by atoms with Crippen molar-refractivity contribution in [1.29, 1.82) is 0 Å². The van der Waals surface area contributed by atoms with Gasteiger partial charge in [0, 0.05) is 5.56 Å². The third-order valence-electron chi connectivity index (χ3n) is 3.69. The molecular formula is C16H20FN3O2S. The summed E-state index contributed by atoms with van der Waals surface area (Å²) in [7, 11) is -1.22. The van der Waals surface area contributed by atoms with E-state index in [0.29, 0.717) is 18.9 Å². The lowest BCUT2D eigenvalue weighted by Gasteiger charge is -2.27. The largest absolute Gasteiger partial charge is 0.373 e. The smallest absolute Gasteiger partial charge is 0.148 e. The van der Waals surface area contributed by atoms with E-state index in [0.717, 1.165) is 11.3 Å². The fraction of sp³-hybridized carbons (Fsp3) is 0.438. The van der Waals surface area contributed by atoms with E-state index >= 15 is 0 Å². The van der Waals surface area contributed by atoms with Gasteiger partial charge in [-0.25, -0.2) is 18.0 Å². The van der Waals surface area contributed by atoms with Crippen LogP contribution in [0.2, 0.25) is 0 Å². The molecule has 0 saturated heterocycles. The molecule has 0 saturated carbocycles. The summed E-state index contributed by atoms with van der Waals surface area (Å²) in [4.78, 5) is 0. The molecule has 5 nitrogen and oxygen atoms in total. The quantitative estimate of drug-likeness (QED) is 0.937. The standard InChI is InChI=1S/C16H20FN3O2S/c1-16(2,3)23(21)19-13-9-22-10-15-11(13)8-18-20(15)14-7-5-4-6-12(14)17/h4-8,13,19H,9-10H2,1-3H3/t13-,23?/m1/s1. The van der Waals surface area contributed by atoms with Crippen molar-refractivity contribution in [2.75, 3.05) is 6.61 Å². The Labute approximate surface area is 137 Å². The molecule has 2 aromatic rings. The van der Waals surface area contributed by atoms with Crippen LogP contribution in [0.1, 0.15) is 38.1 Å². The molecule has 1 aromatic carbocycles. The second-order valence-electron chi connectivity index (χ2n) is 6.48. The molecule has 1 aromatic heterocycles. The van der Waals surface area contributed by atoms with Crippen LogP contribution in [0.3, 0.4) is 0 Å². The van der Waals surface area contributed by atoms with Crippen LogP contribution in [0.4, 0.5) is 4.39 Å². The van der Waals surface area contributed by atoms with Gasteiger partial charge in [0.15, 0.2) is 0 Å². The van der Waals surface area contributed by atoms with Crippen molar-refractivity contribution in [2.24, 2.45) is 0 Å². The molecule has 0 amide bonds. The summed E-state index contributed by atoms with van der Waals surface area (Å²) in [5, 5.41) is 4.31. The highest BCUT2D eigenvalue weighted by molar-refractivity contribution is 7.84. The molecule has 3 rings (SSSR count). The molecule has 2 heterocycles. The molecule has 7 heteroatoms. The molecule has 1 unspecified atom stereocenters. The molecule has 2 atom stereocenters. The number of para-hydroxylation sites is 1. The highest BCUT2D eigenvalue weighted by atomic mass is 32.2. The maximum Gasteiger partial charge on any atom is 0.148 e. The molecule has 124 valence electrons. The molecule has 1 N–H and O–H groups in total. The van der Waals surface area contributed by atoms with E-state index < -0.39 is 11.0 Å². The van der Waals surface area contributed by atoms with Crippen molar-refractivity contribution >= 4 is 11.0 Å². The summed E-state index contributed by atoms with van der Waals surface area (Å²) in [6, 6.07) is 6.26. The van der Waals surface area contributed by atoms with Gasteiger partial charge in [-0.15, -0.1) is 0 Å². The van der Waals surface area contributed by atoms with Crippen LogP contribution in [0.15, 0.2) is 30.5 Å². The van der Waals surface area contributed by atoms with Gasteiger partial charge >= 0.3 is 0 Å². The second kappa shape index (κ2) is 6.14. The number of nitrogens with one attached hydrogen (secondary N) is 1. The average Bonchev–Trinajstić information content (AvgIpc) is 2.91. The summed E-state index contributed by atoms with van der Waals surface area (Å²) < 4.78 is 36.2. The molecule has 23 heavy (non-hydrogen) atoms. The lowest BCUT2D eigenvalue weighted by Crippen LogP contribution is -2.38. The Balaban J connectivity index is 1.93. The summed E-state index contributed by atoms with van der Waals surface area (Å²) >= 11 is 0. The lowest BCUT2D eigenvalue weighted by atomic mass is 10.1. The van der Waals surface area contributed by atoms with E-state index in [4.69, 9.17) is 4.74 Å². The van der Waals surface area contributed by atoms with E-state index in [1.807, 2.05) is 20.8 Å². The first-order chi connectivity index (χ1) is 10.9. The van der Waals surface area contributed by atoms with Gasteiger partial charge in [0.1, 0.15) is 11.5 Å². The zero-order valence-electron chi connectivity index (χ0n) is 13.4. The summed E-state index contributed by atoms with van der Waals surface area (Å²) in [6.45, 7) is 6.48. The molecule has 0 spiro atoms. The van der Waals surface area contributed by atoms with E-state index in [-0.39, 0.29) is 16.6 Å². The van der Waals surface area contributed by atoms with Gasteiger partial charge in [-0.2, -0.15) is 5.10 Å². The molecule has 1 aliphatic heterocycles. The number of benzene rings is 1. The fourth-order valence-electron chi connectivity index (χ4n) is 2.42. The van der Waals surface area contributed by atoms with Crippen LogP contribution in [0.25, 0.3) is 5.69 Å². The number of ether oxygens (including phenoxy) is 1. The van der Waals surface area contributed by atoms with Gasteiger partial charge < -0.3 is 4.74 Å². The number of halogens is 1. The minimum Gasteiger partial charge on any atom is -0.373 e. The van der Waals surface area contributed by atoms with Crippen LogP contribution in [-0.2, 0) is 22.3 Å². The maximum absolute atomic E-state index is 14.0. The summed E-state index contributed by atoms with van der Waals surface area (Å²) in [6.07, 6.45) is 1.70. The SMILES string of the molecule is CC(C)(C)S(=O)N[C@@H]1COCc2c1cnn2-c1ccccc1F. The van der Waals surface area contributed by atoms with Gasteiger partial charge in [-0.05, 0) is 32.9 Å². The first-order valence-electron chi connectivity index (χ1n) is 7.45. The highest BCUT2D eigenvalue weighted by Crippen LogP contribution is 2.28. The maximum atomic E-state index is 14.0. The Morgan fingerprint density at radius 3 is 2.83 bits per heavy atom. The van der Waals surface area contributed by atoms with Crippen LogP contribution in [0, 0.1) is 5.82 Å². The van der Waals surface area contributed by atoms with Crippen LogP contribution in [-0.4, -0.2) is 25.3 Å². The molecule has 0 aliphatic carbocycles. The van der Waals surface area contributed by atoms with Crippen molar-refractivity contribution in [1.82, 2.24) is 14.5 Å². The molecule has 0 fully saturated rings. The minimum absolute atomic E-state index is 0.223. The van der Waals surface area contributed by atoms with E-state index in [1.54, 1.807) is 29.1 Å². The Morgan fingerprint density at radius 1 is 1.39 bits per heavy atom. The number of aromatic nitrogens is 2. The average molecular weight is 337 g/mol. The molecule has 0 radical (unpaired) electrons. The van der Waals surface area contributed by atoms with Gasteiger partial charge in [-0.1, -0.05) is 12.1 Å². The molecule has 0 bridgehead atoms. The number of fused-ring (bicyclic) bond motifs is 1. The lowest BCUT2D eigenvalue weighted by molar-refractivity contribution is 0.0846. The normalized spacial score (nSPS) is 19.4. The first-order valence-corrected chi connectivity index (χ1v) is 8.60. The summed E-state index contributed by atoms with van der Waals surface area (Å²) in [5.41, 5.74) is 2.07. The summed E-state index contributed by atoms with van der Waals surface area (Å²) in [5.74, 6) is -0.341. The van der Waals surface area contributed by atoms with Crippen molar-refractivity contribution in [2.45, 2.75) is 38.2 Å². The third kappa shape index (κ3) is 3.22.